The molecule has 1 aromatic carbocycles. The number of benzene rings is 1. The third kappa shape index (κ3) is 4.40. The zero-order valence-corrected chi connectivity index (χ0v) is 12.5. The highest BCUT2D eigenvalue weighted by atomic mass is 35.5. The van der Waals surface area contributed by atoms with E-state index in [4.69, 9.17) is 11.6 Å². The quantitative estimate of drug-likeness (QED) is 0.805. The standard InChI is InChI=1S/C14H22ClN3O/c1-4-17-13(19)10-18(5-2)14-11(9-16-3)7-6-8-12(14)15/h6-8,16H,4-5,9-10H2,1-3H3,(H,17,19). The maximum Gasteiger partial charge on any atom is 0.239 e. The molecular formula is C14H22ClN3O. The molecule has 106 valence electrons. The smallest absolute Gasteiger partial charge is 0.239 e. The summed E-state index contributed by atoms with van der Waals surface area (Å²) in [5.74, 6) is 0.0136. The van der Waals surface area contributed by atoms with Crippen LogP contribution < -0.4 is 15.5 Å². The third-order valence-electron chi connectivity index (χ3n) is 2.84. The van der Waals surface area contributed by atoms with Gasteiger partial charge in [0.1, 0.15) is 0 Å². The Hall–Kier alpha value is -1.26. The molecule has 0 bridgehead atoms. The van der Waals surface area contributed by atoms with Crippen LogP contribution >= 0.6 is 11.6 Å². The molecule has 0 aliphatic heterocycles. The topological polar surface area (TPSA) is 44.4 Å². The van der Waals surface area contributed by atoms with Crippen LogP contribution in [0.25, 0.3) is 0 Å². The number of rotatable bonds is 7. The van der Waals surface area contributed by atoms with Crippen molar-refractivity contribution in [2.45, 2.75) is 20.4 Å². The summed E-state index contributed by atoms with van der Waals surface area (Å²) in [6, 6.07) is 5.81. The Balaban J connectivity index is 2.99. The molecule has 1 rings (SSSR count). The van der Waals surface area contributed by atoms with Gasteiger partial charge in [-0.2, -0.15) is 0 Å². The molecule has 0 radical (unpaired) electrons. The van der Waals surface area contributed by atoms with Gasteiger partial charge < -0.3 is 15.5 Å². The van der Waals surface area contributed by atoms with E-state index >= 15 is 0 Å². The van der Waals surface area contributed by atoms with Gasteiger partial charge in [0.15, 0.2) is 0 Å². The van der Waals surface area contributed by atoms with Gasteiger partial charge in [0.05, 0.1) is 17.3 Å². The molecule has 0 atom stereocenters. The Bertz CT molecular complexity index is 423. The summed E-state index contributed by atoms with van der Waals surface area (Å²) in [6.07, 6.45) is 0. The number of likely N-dealkylation sites (N-methyl/N-ethyl adjacent to an activating group) is 2. The van der Waals surface area contributed by atoms with Gasteiger partial charge in [0, 0.05) is 19.6 Å². The predicted octanol–water partition coefficient (Wildman–Crippen LogP) is 2.02. The molecule has 0 unspecified atom stereocenters. The average molecular weight is 284 g/mol. The van der Waals surface area contributed by atoms with Crippen LogP contribution in [0, 0.1) is 0 Å². The molecular weight excluding hydrogens is 262 g/mol. The number of amides is 1. The first kappa shape index (κ1) is 15.8. The number of anilines is 1. The van der Waals surface area contributed by atoms with E-state index < -0.39 is 0 Å². The Labute approximate surface area is 120 Å². The molecule has 0 aliphatic carbocycles. The van der Waals surface area contributed by atoms with Crippen LogP contribution in [-0.2, 0) is 11.3 Å². The van der Waals surface area contributed by atoms with Gasteiger partial charge in [-0.3, -0.25) is 4.79 Å². The Morgan fingerprint density at radius 3 is 2.68 bits per heavy atom. The minimum absolute atomic E-state index is 0.0136. The number of para-hydroxylation sites is 1. The normalized spacial score (nSPS) is 10.3. The minimum Gasteiger partial charge on any atom is -0.361 e. The molecule has 0 saturated heterocycles. The van der Waals surface area contributed by atoms with Gasteiger partial charge in [0.25, 0.3) is 0 Å². The molecule has 0 fully saturated rings. The zero-order chi connectivity index (χ0) is 14.3. The first-order valence-corrected chi connectivity index (χ1v) is 6.95. The monoisotopic (exact) mass is 283 g/mol. The van der Waals surface area contributed by atoms with E-state index in [0.717, 1.165) is 24.3 Å². The third-order valence-corrected chi connectivity index (χ3v) is 3.15. The number of nitrogens with one attached hydrogen (secondary N) is 2. The summed E-state index contributed by atoms with van der Waals surface area (Å²) in [5, 5.41) is 6.61. The van der Waals surface area contributed by atoms with Crippen LogP contribution in [0.15, 0.2) is 18.2 Å². The van der Waals surface area contributed by atoms with Crippen LogP contribution in [0.3, 0.4) is 0 Å². The SMILES string of the molecule is CCNC(=O)CN(CC)c1c(Cl)cccc1CNC. The number of carbonyl (C=O) groups excluding carboxylic acids is 1. The fraction of sp³-hybridized carbons (Fsp3) is 0.500. The van der Waals surface area contributed by atoms with E-state index in [1.54, 1.807) is 0 Å². The Kier molecular flexibility index (Phi) is 6.67. The summed E-state index contributed by atoms with van der Waals surface area (Å²) in [7, 11) is 1.89. The van der Waals surface area contributed by atoms with Crippen LogP contribution in [0.2, 0.25) is 5.02 Å². The molecule has 0 aromatic heterocycles. The minimum atomic E-state index is 0.0136. The van der Waals surface area contributed by atoms with E-state index in [9.17, 15) is 4.79 Å². The summed E-state index contributed by atoms with van der Waals surface area (Å²) in [4.78, 5) is 13.8. The Morgan fingerprint density at radius 2 is 2.11 bits per heavy atom. The highest BCUT2D eigenvalue weighted by molar-refractivity contribution is 6.33. The highest BCUT2D eigenvalue weighted by Gasteiger charge is 2.15. The lowest BCUT2D eigenvalue weighted by molar-refractivity contribution is -0.119. The van der Waals surface area contributed by atoms with E-state index in [1.807, 2.05) is 44.0 Å². The lowest BCUT2D eigenvalue weighted by Crippen LogP contribution is -2.37. The molecule has 0 spiro atoms. The van der Waals surface area contributed by atoms with Crippen LogP contribution in [0.4, 0.5) is 5.69 Å². The van der Waals surface area contributed by atoms with Gasteiger partial charge in [-0.15, -0.1) is 0 Å². The second-order valence-electron chi connectivity index (χ2n) is 4.25. The van der Waals surface area contributed by atoms with E-state index in [0.29, 0.717) is 18.1 Å². The first-order chi connectivity index (χ1) is 9.13. The largest absolute Gasteiger partial charge is 0.361 e. The molecule has 0 heterocycles. The van der Waals surface area contributed by atoms with Gasteiger partial charge >= 0.3 is 0 Å². The van der Waals surface area contributed by atoms with Gasteiger partial charge in [-0.25, -0.2) is 0 Å². The van der Waals surface area contributed by atoms with E-state index in [-0.39, 0.29) is 5.91 Å². The number of carbonyl (C=O) groups is 1. The average Bonchev–Trinajstić information content (AvgIpc) is 2.38. The molecule has 4 nitrogen and oxygen atoms in total. The van der Waals surface area contributed by atoms with Crippen molar-refractivity contribution < 1.29 is 4.79 Å². The fourth-order valence-corrected chi connectivity index (χ4v) is 2.34. The molecule has 5 heteroatoms. The number of halogens is 1. The van der Waals surface area contributed by atoms with E-state index in [1.165, 1.54) is 0 Å². The predicted molar refractivity (Wildman–Crippen MR) is 80.8 cm³/mol. The van der Waals surface area contributed by atoms with Crippen molar-refractivity contribution in [2.75, 3.05) is 31.6 Å². The number of nitrogens with zero attached hydrogens (tertiary/aromatic N) is 1. The molecule has 1 amide bonds. The summed E-state index contributed by atoms with van der Waals surface area (Å²) in [6.45, 7) is 6.36. The van der Waals surface area contributed by atoms with Crippen LogP contribution in [0.5, 0.6) is 0 Å². The van der Waals surface area contributed by atoms with Crippen molar-refractivity contribution in [3.05, 3.63) is 28.8 Å². The lowest BCUT2D eigenvalue weighted by Gasteiger charge is -2.26. The van der Waals surface area contributed by atoms with Crippen molar-refractivity contribution in [1.82, 2.24) is 10.6 Å². The van der Waals surface area contributed by atoms with Crippen molar-refractivity contribution in [3.63, 3.8) is 0 Å². The van der Waals surface area contributed by atoms with Crippen molar-refractivity contribution in [1.29, 1.82) is 0 Å². The highest BCUT2D eigenvalue weighted by Crippen LogP contribution is 2.29. The second kappa shape index (κ2) is 8.02. The maximum absolute atomic E-state index is 11.8. The summed E-state index contributed by atoms with van der Waals surface area (Å²) in [5.41, 5.74) is 2.04. The number of hydrogen-bond donors (Lipinski definition) is 2. The molecule has 1 aromatic rings. The van der Waals surface area contributed by atoms with Crippen LogP contribution in [0.1, 0.15) is 19.4 Å². The Morgan fingerprint density at radius 1 is 1.37 bits per heavy atom. The van der Waals surface area contributed by atoms with Gasteiger partial charge in [0.2, 0.25) is 5.91 Å². The zero-order valence-electron chi connectivity index (χ0n) is 11.8. The maximum atomic E-state index is 11.8. The van der Waals surface area contributed by atoms with Crippen molar-refractivity contribution in [2.24, 2.45) is 0 Å². The van der Waals surface area contributed by atoms with Gasteiger partial charge in [-0.1, -0.05) is 23.7 Å². The fourth-order valence-electron chi connectivity index (χ4n) is 2.02. The van der Waals surface area contributed by atoms with E-state index in [2.05, 4.69) is 10.6 Å². The summed E-state index contributed by atoms with van der Waals surface area (Å²) >= 11 is 6.30. The van der Waals surface area contributed by atoms with Crippen molar-refractivity contribution in [3.8, 4) is 0 Å². The lowest BCUT2D eigenvalue weighted by atomic mass is 10.1. The second-order valence-corrected chi connectivity index (χ2v) is 4.65. The molecule has 0 aliphatic rings. The summed E-state index contributed by atoms with van der Waals surface area (Å²) < 4.78 is 0. The van der Waals surface area contributed by atoms with Gasteiger partial charge in [-0.05, 0) is 32.5 Å². The molecule has 0 saturated carbocycles. The van der Waals surface area contributed by atoms with Crippen LogP contribution in [-0.4, -0.2) is 32.6 Å². The number of hydrogen-bond acceptors (Lipinski definition) is 3. The molecule has 19 heavy (non-hydrogen) atoms. The van der Waals surface area contributed by atoms with Crippen molar-refractivity contribution >= 4 is 23.2 Å². The first-order valence-electron chi connectivity index (χ1n) is 6.57. The molecule has 2 N–H and O–H groups in total.